The highest BCUT2D eigenvalue weighted by molar-refractivity contribution is 5.98. The molecule has 0 rings (SSSR count). The molecule has 5 heteroatoms. The fourth-order valence-electron chi connectivity index (χ4n) is 0.783. The fraction of sp³-hybridized carbons (Fsp3) is 0.556. The Kier molecular flexibility index (Phi) is 5.55. The van der Waals surface area contributed by atoms with Crippen LogP contribution in [-0.4, -0.2) is 49.1 Å². The number of rotatable bonds is 5. The van der Waals surface area contributed by atoms with Gasteiger partial charge in [0.05, 0.1) is 0 Å². The van der Waals surface area contributed by atoms with E-state index in [-0.39, 0.29) is 11.5 Å². The molecular formula is C9H16N2O3. The van der Waals surface area contributed by atoms with Crippen LogP contribution in [0.2, 0.25) is 0 Å². The van der Waals surface area contributed by atoms with Crippen molar-refractivity contribution in [1.29, 1.82) is 0 Å². The maximum Gasteiger partial charge on any atom is 0.328 e. The molecule has 0 fully saturated rings. The first-order valence-corrected chi connectivity index (χ1v) is 4.27. The largest absolute Gasteiger partial charge is 0.478 e. The van der Waals surface area contributed by atoms with Gasteiger partial charge in [-0.3, -0.25) is 4.79 Å². The summed E-state index contributed by atoms with van der Waals surface area (Å²) in [4.78, 5) is 23.4. The highest BCUT2D eigenvalue weighted by atomic mass is 16.4. The predicted molar refractivity (Wildman–Crippen MR) is 53.0 cm³/mol. The Morgan fingerprint density at radius 1 is 1.43 bits per heavy atom. The van der Waals surface area contributed by atoms with Gasteiger partial charge in [0.2, 0.25) is 5.91 Å². The zero-order valence-electron chi connectivity index (χ0n) is 8.70. The van der Waals surface area contributed by atoms with Gasteiger partial charge in [-0.1, -0.05) is 0 Å². The lowest BCUT2D eigenvalue weighted by Gasteiger charge is -2.10. The molecule has 0 bridgehead atoms. The fourth-order valence-corrected chi connectivity index (χ4v) is 0.783. The number of nitrogens with zero attached hydrogens (tertiary/aromatic N) is 1. The van der Waals surface area contributed by atoms with Crippen LogP contribution in [0.1, 0.15) is 6.92 Å². The lowest BCUT2D eigenvalue weighted by Crippen LogP contribution is -2.31. The Labute approximate surface area is 83.4 Å². The van der Waals surface area contributed by atoms with Gasteiger partial charge in [-0.25, -0.2) is 4.79 Å². The quantitative estimate of drug-likeness (QED) is 0.597. The molecule has 0 spiro atoms. The topological polar surface area (TPSA) is 69.6 Å². The highest BCUT2D eigenvalue weighted by Crippen LogP contribution is 1.91. The van der Waals surface area contributed by atoms with E-state index in [1.54, 1.807) is 0 Å². The standard InChI is InChI=1S/C9H16N2O3/c1-7(6-8(12)13)9(14)10-4-5-11(2)3/h6H,4-5H2,1-3H3,(H,10,14)(H,12,13)/b7-6-. The molecule has 2 N–H and O–H groups in total. The lowest BCUT2D eigenvalue weighted by atomic mass is 10.2. The number of hydrogen-bond acceptors (Lipinski definition) is 3. The Morgan fingerprint density at radius 3 is 2.43 bits per heavy atom. The first-order valence-electron chi connectivity index (χ1n) is 4.27. The predicted octanol–water partition coefficient (Wildman–Crippen LogP) is -0.305. The summed E-state index contributed by atoms with van der Waals surface area (Å²) in [6.45, 7) is 2.71. The summed E-state index contributed by atoms with van der Waals surface area (Å²) >= 11 is 0. The van der Waals surface area contributed by atoms with E-state index in [4.69, 9.17) is 5.11 Å². The number of nitrogens with one attached hydrogen (secondary N) is 1. The number of carboxylic acid groups (broad SMARTS) is 1. The summed E-state index contributed by atoms with van der Waals surface area (Å²) in [5, 5.41) is 11.0. The highest BCUT2D eigenvalue weighted by Gasteiger charge is 2.04. The Hall–Kier alpha value is -1.36. The third-order valence-electron chi connectivity index (χ3n) is 1.54. The second kappa shape index (κ2) is 6.15. The van der Waals surface area contributed by atoms with E-state index in [1.807, 2.05) is 19.0 Å². The minimum atomic E-state index is -1.11. The van der Waals surface area contributed by atoms with E-state index in [0.717, 1.165) is 12.6 Å². The molecule has 0 atom stereocenters. The second-order valence-corrected chi connectivity index (χ2v) is 3.22. The summed E-state index contributed by atoms with van der Waals surface area (Å²) in [6.07, 6.45) is 0.894. The molecule has 5 nitrogen and oxygen atoms in total. The molecule has 0 aliphatic rings. The zero-order valence-corrected chi connectivity index (χ0v) is 8.70. The Bertz CT molecular complexity index is 246. The number of amides is 1. The molecule has 0 aromatic heterocycles. The molecule has 0 saturated heterocycles. The van der Waals surface area contributed by atoms with E-state index in [1.165, 1.54) is 6.92 Å². The molecular weight excluding hydrogens is 184 g/mol. The summed E-state index contributed by atoms with van der Waals surface area (Å²) in [7, 11) is 3.79. The SMILES string of the molecule is C/C(=C/C(=O)O)C(=O)NCCN(C)C. The number of likely N-dealkylation sites (N-methyl/N-ethyl adjacent to an activating group) is 1. The average molecular weight is 200 g/mol. The van der Waals surface area contributed by atoms with Crippen molar-refractivity contribution in [3.8, 4) is 0 Å². The lowest BCUT2D eigenvalue weighted by molar-refractivity contribution is -0.131. The molecule has 80 valence electrons. The van der Waals surface area contributed by atoms with Gasteiger partial charge in [-0.05, 0) is 21.0 Å². The molecule has 0 aliphatic heterocycles. The van der Waals surface area contributed by atoms with E-state index in [9.17, 15) is 9.59 Å². The zero-order chi connectivity index (χ0) is 11.1. The van der Waals surface area contributed by atoms with Gasteiger partial charge in [0.15, 0.2) is 0 Å². The molecule has 14 heavy (non-hydrogen) atoms. The molecule has 0 unspecified atom stereocenters. The first kappa shape index (κ1) is 12.6. The number of aliphatic carboxylic acids is 1. The van der Waals surface area contributed by atoms with Crippen molar-refractivity contribution in [1.82, 2.24) is 10.2 Å². The van der Waals surface area contributed by atoms with Crippen LogP contribution in [0, 0.1) is 0 Å². The van der Waals surface area contributed by atoms with Crippen LogP contribution < -0.4 is 5.32 Å². The minimum absolute atomic E-state index is 0.205. The van der Waals surface area contributed by atoms with Gasteiger partial charge >= 0.3 is 5.97 Å². The third kappa shape index (κ3) is 6.19. The van der Waals surface area contributed by atoms with Crippen molar-refractivity contribution < 1.29 is 14.7 Å². The van der Waals surface area contributed by atoms with Crippen LogP contribution >= 0.6 is 0 Å². The van der Waals surface area contributed by atoms with Crippen LogP contribution in [0.3, 0.4) is 0 Å². The summed E-state index contributed by atoms with van der Waals surface area (Å²) in [5.74, 6) is -1.44. The third-order valence-corrected chi connectivity index (χ3v) is 1.54. The van der Waals surface area contributed by atoms with Crippen molar-refractivity contribution >= 4 is 11.9 Å². The monoisotopic (exact) mass is 200 g/mol. The summed E-state index contributed by atoms with van der Waals surface area (Å²) in [5.41, 5.74) is 0.205. The molecule has 0 aromatic rings. The number of hydrogen-bond donors (Lipinski definition) is 2. The number of carbonyl (C=O) groups excluding carboxylic acids is 1. The van der Waals surface area contributed by atoms with Crippen molar-refractivity contribution in [2.75, 3.05) is 27.2 Å². The van der Waals surface area contributed by atoms with Gasteiger partial charge in [0, 0.05) is 24.7 Å². The van der Waals surface area contributed by atoms with E-state index in [0.29, 0.717) is 6.54 Å². The second-order valence-electron chi connectivity index (χ2n) is 3.22. The van der Waals surface area contributed by atoms with E-state index >= 15 is 0 Å². The van der Waals surface area contributed by atoms with Crippen LogP contribution in [0.5, 0.6) is 0 Å². The van der Waals surface area contributed by atoms with Gasteiger partial charge in [-0.2, -0.15) is 0 Å². The van der Waals surface area contributed by atoms with Crippen LogP contribution in [0.4, 0.5) is 0 Å². The molecule has 1 amide bonds. The molecule has 0 saturated carbocycles. The summed E-state index contributed by atoms with van der Waals surface area (Å²) in [6, 6.07) is 0. The number of carboxylic acids is 1. The van der Waals surface area contributed by atoms with Gasteiger partial charge < -0.3 is 15.3 Å². The van der Waals surface area contributed by atoms with Crippen molar-refractivity contribution in [2.45, 2.75) is 6.92 Å². The molecule has 0 radical (unpaired) electrons. The first-order chi connectivity index (χ1) is 6.43. The summed E-state index contributed by atoms with van der Waals surface area (Å²) < 4.78 is 0. The average Bonchev–Trinajstić information content (AvgIpc) is 2.01. The van der Waals surface area contributed by atoms with E-state index < -0.39 is 5.97 Å². The van der Waals surface area contributed by atoms with Gasteiger partial charge in [-0.15, -0.1) is 0 Å². The minimum Gasteiger partial charge on any atom is -0.478 e. The normalized spacial score (nSPS) is 11.6. The maximum atomic E-state index is 11.2. The molecule has 0 heterocycles. The van der Waals surface area contributed by atoms with Crippen molar-refractivity contribution in [3.05, 3.63) is 11.6 Å². The van der Waals surface area contributed by atoms with Crippen molar-refractivity contribution in [2.24, 2.45) is 0 Å². The van der Waals surface area contributed by atoms with Gasteiger partial charge in [0.25, 0.3) is 0 Å². The smallest absolute Gasteiger partial charge is 0.328 e. The maximum absolute atomic E-state index is 11.2. The molecule has 0 aliphatic carbocycles. The van der Waals surface area contributed by atoms with Crippen LogP contribution in [-0.2, 0) is 9.59 Å². The Morgan fingerprint density at radius 2 is 2.00 bits per heavy atom. The van der Waals surface area contributed by atoms with E-state index in [2.05, 4.69) is 5.32 Å². The van der Waals surface area contributed by atoms with Crippen LogP contribution in [0.15, 0.2) is 11.6 Å². The van der Waals surface area contributed by atoms with Gasteiger partial charge in [0.1, 0.15) is 0 Å². The van der Waals surface area contributed by atoms with Crippen LogP contribution in [0.25, 0.3) is 0 Å². The Balaban J connectivity index is 3.91. The van der Waals surface area contributed by atoms with Crippen molar-refractivity contribution in [3.63, 3.8) is 0 Å². The molecule has 0 aromatic carbocycles. The number of carbonyl (C=O) groups is 2.